The lowest BCUT2D eigenvalue weighted by Crippen LogP contribution is -2.45. The summed E-state index contributed by atoms with van der Waals surface area (Å²) in [6.45, 7) is 0.801. The van der Waals surface area contributed by atoms with E-state index in [1.807, 2.05) is 6.07 Å². The van der Waals surface area contributed by atoms with Crippen LogP contribution in [0.5, 0.6) is 0 Å². The number of nitrogens with one attached hydrogen (secondary N) is 1. The van der Waals surface area contributed by atoms with E-state index in [1.165, 1.54) is 22.7 Å². The predicted molar refractivity (Wildman–Crippen MR) is 90.0 cm³/mol. The quantitative estimate of drug-likeness (QED) is 0.901. The molecule has 0 aliphatic carbocycles. The number of hydrogen-bond acceptors (Lipinski definition) is 3. The van der Waals surface area contributed by atoms with E-state index in [4.69, 9.17) is 11.6 Å². The van der Waals surface area contributed by atoms with Gasteiger partial charge in [0.1, 0.15) is 0 Å². The Hall–Kier alpha value is -1.35. The van der Waals surface area contributed by atoms with Gasteiger partial charge in [0.05, 0.1) is 11.0 Å². The minimum absolute atomic E-state index is 0.0222. The maximum absolute atomic E-state index is 12.3. The number of nitrogens with zero attached hydrogens (tertiary/aromatic N) is 3. The molecule has 0 spiro atoms. The minimum Gasteiger partial charge on any atom is -0.305 e. The summed E-state index contributed by atoms with van der Waals surface area (Å²) in [6, 6.07) is 5.27. The lowest BCUT2D eigenvalue weighted by atomic mass is 10.1. The van der Waals surface area contributed by atoms with Crippen molar-refractivity contribution in [2.45, 2.75) is 18.9 Å². The summed E-state index contributed by atoms with van der Waals surface area (Å²) in [5.74, 6) is 0. The van der Waals surface area contributed by atoms with Gasteiger partial charge in [0.15, 0.2) is 0 Å². The summed E-state index contributed by atoms with van der Waals surface area (Å²) in [7, 11) is -0.350. The number of aromatic amines is 1. The smallest absolute Gasteiger partial charge is 0.305 e. The molecular weight excluding hydrogens is 340 g/mol. The average Bonchev–Trinajstić information content (AvgIpc) is 2.82. The van der Waals surface area contributed by atoms with Gasteiger partial charge in [-0.25, -0.2) is 4.79 Å². The first-order chi connectivity index (χ1) is 10.8. The van der Waals surface area contributed by atoms with Crippen LogP contribution in [0.25, 0.3) is 11.0 Å². The number of rotatable bonds is 3. The van der Waals surface area contributed by atoms with E-state index < -0.39 is 10.2 Å². The van der Waals surface area contributed by atoms with Crippen LogP contribution >= 0.6 is 11.6 Å². The number of halogens is 1. The maximum Gasteiger partial charge on any atom is 0.326 e. The van der Waals surface area contributed by atoms with Gasteiger partial charge < -0.3 is 4.98 Å². The third-order valence-corrected chi connectivity index (χ3v) is 6.43. The van der Waals surface area contributed by atoms with E-state index in [2.05, 4.69) is 4.98 Å². The normalized spacial score (nSPS) is 18.1. The largest absolute Gasteiger partial charge is 0.326 e. The third kappa shape index (κ3) is 2.91. The Balaban J connectivity index is 1.86. The van der Waals surface area contributed by atoms with Crippen LogP contribution in [0.1, 0.15) is 18.9 Å². The summed E-state index contributed by atoms with van der Waals surface area (Å²) >= 11 is 5.96. The van der Waals surface area contributed by atoms with Crippen molar-refractivity contribution in [3.63, 3.8) is 0 Å². The molecule has 0 radical (unpaired) electrons. The average molecular weight is 359 g/mol. The van der Waals surface area contributed by atoms with Crippen LogP contribution in [0.4, 0.5) is 0 Å². The van der Waals surface area contributed by atoms with Crippen molar-refractivity contribution < 1.29 is 8.42 Å². The standard InChI is InChI=1S/C14H19ClN4O3S/c1-17(2)23(21,22)18-7-5-11(6-8-18)19-13-4-3-10(15)9-12(13)16-14(19)20/h3-4,9,11H,5-8H2,1-2H3,(H,16,20). The second-order valence-electron chi connectivity index (χ2n) is 5.88. The van der Waals surface area contributed by atoms with Crippen LogP contribution < -0.4 is 5.69 Å². The number of benzene rings is 1. The number of piperidine rings is 1. The molecule has 1 aliphatic heterocycles. The Morgan fingerprint density at radius 3 is 2.52 bits per heavy atom. The van der Waals surface area contributed by atoms with Gasteiger partial charge in [0.2, 0.25) is 0 Å². The molecule has 0 bridgehead atoms. The summed E-state index contributed by atoms with van der Waals surface area (Å²) in [6.07, 6.45) is 1.20. The zero-order chi connectivity index (χ0) is 16.8. The van der Waals surface area contributed by atoms with Crippen molar-refractivity contribution in [1.82, 2.24) is 18.2 Å². The molecule has 1 aromatic heterocycles. The number of H-pyrrole nitrogens is 1. The zero-order valence-electron chi connectivity index (χ0n) is 13.0. The summed E-state index contributed by atoms with van der Waals surface area (Å²) in [5, 5.41) is 0.567. The molecule has 0 saturated carbocycles. The van der Waals surface area contributed by atoms with E-state index in [0.29, 0.717) is 36.5 Å². The van der Waals surface area contributed by atoms with Gasteiger partial charge in [-0.05, 0) is 31.0 Å². The molecule has 2 aromatic rings. The fourth-order valence-corrected chi connectivity index (χ4v) is 4.33. The number of hydrogen-bond donors (Lipinski definition) is 1. The highest BCUT2D eigenvalue weighted by molar-refractivity contribution is 7.86. The number of imidazole rings is 1. The molecule has 2 heterocycles. The van der Waals surface area contributed by atoms with E-state index in [0.717, 1.165) is 5.52 Å². The first kappa shape index (κ1) is 16.5. The van der Waals surface area contributed by atoms with Crippen molar-refractivity contribution in [1.29, 1.82) is 0 Å². The molecule has 1 N–H and O–H groups in total. The van der Waals surface area contributed by atoms with Gasteiger partial charge in [-0.15, -0.1) is 0 Å². The van der Waals surface area contributed by atoms with E-state index in [9.17, 15) is 13.2 Å². The van der Waals surface area contributed by atoms with Crippen LogP contribution in [0.3, 0.4) is 0 Å². The molecule has 3 rings (SSSR count). The lowest BCUT2D eigenvalue weighted by molar-refractivity contribution is 0.263. The molecule has 0 unspecified atom stereocenters. The predicted octanol–water partition coefficient (Wildman–Crippen LogP) is 1.43. The minimum atomic E-state index is -3.40. The third-order valence-electron chi connectivity index (χ3n) is 4.25. The molecule has 0 amide bonds. The first-order valence-electron chi connectivity index (χ1n) is 7.38. The van der Waals surface area contributed by atoms with Crippen LogP contribution in [0, 0.1) is 0 Å². The van der Waals surface area contributed by atoms with Crippen LogP contribution in [0.2, 0.25) is 5.02 Å². The monoisotopic (exact) mass is 358 g/mol. The lowest BCUT2D eigenvalue weighted by Gasteiger charge is -2.33. The fraction of sp³-hybridized carbons (Fsp3) is 0.500. The van der Waals surface area contributed by atoms with Crippen molar-refractivity contribution >= 4 is 32.8 Å². The van der Waals surface area contributed by atoms with Gasteiger partial charge in [0.25, 0.3) is 10.2 Å². The van der Waals surface area contributed by atoms with Crippen LogP contribution in [-0.2, 0) is 10.2 Å². The molecule has 7 nitrogen and oxygen atoms in total. The van der Waals surface area contributed by atoms with Gasteiger partial charge in [0, 0.05) is 38.2 Å². The van der Waals surface area contributed by atoms with E-state index in [1.54, 1.807) is 16.7 Å². The molecule has 1 aromatic carbocycles. The molecule has 1 fully saturated rings. The van der Waals surface area contributed by atoms with Crippen LogP contribution in [0.15, 0.2) is 23.0 Å². The molecule has 23 heavy (non-hydrogen) atoms. The molecule has 0 atom stereocenters. The Bertz CT molecular complexity index is 879. The molecule has 9 heteroatoms. The fourth-order valence-electron chi connectivity index (χ4n) is 3.03. The van der Waals surface area contributed by atoms with E-state index in [-0.39, 0.29) is 11.7 Å². The SMILES string of the molecule is CN(C)S(=O)(=O)N1CCC(n2c(=O)[nH]c3cc(Cl)ccc32)CC1. The zero-order valence-corrected chi connectivity index (χ0v) is 14.6. The number of fused-ring (bicyclic) bond motifs is 1. The highest BCUT2D eigenvalue weighted by Crippen LogP contribution is 2.27. The van der Waals surface area contributed by atoms with E-state index >= 15 is 0 Å². The van der Waals surface area contributed by atoms with Gasteiger partial charge >= 0.3 is 5.69 Å². The van der Waals surface area contributed by atoms with Crippen molar-refractivity contribution in [3.05, 3.63) is 33.7 Å². The Morgan fingerprint density at radius 2 is 1.91 bits per heavy atom. The van der Waals surface area contributed by atoms with Crippen molar-refractivity contribution in [2.75, 3.05) is 27.2 Å². The van der Waals surface area contributed by atoms with Gasteiger partial charge in [-0.3, -0.25) is 4.57 Å². The molecular formula is C14H19ClN4O3S. The molecule has 126 valence electrons. The highest BCUT2D eigenvalue weighted by Gasteiger charge is 2.31. The summed E-state index contributed by atoms with van der Waals surface area (Å²) in [5.41, 5.74) is 1.32. The van der Waals surface area contributed by atoms with Crippen LogP contribution in [-0.4, -0.2) is 53.8 Å². The maximum atomic E-state index is 12.3. The first-order valence-corrected chi connectivity index (χ1v) is 9.15. The topological polar surface area (TPSA) is 78.4 Å². The highest BCUT2D eigenvalue weighted by atomic mass is 35.5. The Kier molecular flexibility index (Phi) is 4.26. The van der Waals surface area contributed by atoms with Crippen molar-refractivity contribution in [2.24, 2.45) is 0 Å². The van der Waals surface area contributed by atoms with Gasteiger partial charge in [-0.2, -0.15) is 17.0 Å². The summed E-state index contributed by atoms with van der Waals surface area (Å²) < 4.78 is 28.7. The second kappa shape index (κ2) is 5.94. The second-order valence-corrected chi connectivity index (χ2v) is 8.46. The number of aromatic nitrogens is 2. The van der Waals surface area contributed by atoms with Gasteiger partial charge in [-0.1, -0.05) is 11.6 Å². The Morgan fingerprint density at radius 1 is 1.26 bits per heavy atom. The van der Waals surface area contributed by atoms with Crippen molar-refractivity contribution in [3.8, 4) is 0 Å². The molecule has 1 saturated heterocycles. The molecule has 1 aliphatic rings. The Labute approximate surface area is 139 Å². The summed E-state index contributed by atoms with van der Waals surface area (Å²) in [4.78, 5) is 15.1.